The van der Waals surface area contributed by atoms with Crippen molar-refractivity contribution in [2.75, 3.05) is 42.5 Å². The summed E-state index contributed by atoms with van der Waals surface area (Å²) in [5.41, 5.74) is 4.30. The number of amides is 3. The summed E-state index contributed by atoms with van der Waals surface area (Å²) < 4.78 is 0. The first-order valence-electron chi connectivity index (χ1n) is 12.1. The number of nitrogens with zero attached hydrogens (tertiary/aromatic N) is 4. The van der Waals surface area contributed by atoms with Gasteiger partial charge in [0.1, 0.15) is 5.66 Å². The molecule has 3 aliphatic heterocycles. The van der Waals surface area contributed by atoms with Crippen LogP contribution >= 0.6 is 0 Å². The summed E-state index contributed by atoms with van der Waals surface area (Å²) in [6, 6.07) is 13.6. The molecular weight excluding hydrogens is 428 g/mol. The van der Waals surface area contributed by atoms with E-state index < -0.39 is 5.66 Å². The first-order chi connectivity index (χ1) is 16.3. The second-order valence-corrected chi connectivity index (χ2v) is 9.76. The molecule has 2 aromatic rings. The minimum Gasteiger partial charge on any atom is -0.368 e. The number of anilines is 2. The number of aryl methyl sites for hydroxylation is 1. The highest BCUT2D eigenvalue weighted by Crippen LogP contribution is 2.44. The third kappa shape index (κ3) is 3.54. The van der Waals surface area contributed by atoms with Gasteiger partial charge in [0.25, 0.3) is 5.91 Å². The maximum absolute atomic E-state index is 13.4. The fourth-order valence-corrected chi connectivity index (χ4v) is 5.68. The molecule has 2 saturated heterocycles. The number of fused-ring (bicyclic) bond motifs is 3. The molecule has 3 aliphatic rings. The third-order valence-corrected chi connectivity index (χ3v) is 7.84. The molecule has 0 radical (unpaired) electrons. The number of piperazine rings is 1. The van der Waals surface area contributed by atoms with E-state index in [-0.39, 0.29) is 24.1 Å². The van der Waals surface area contributed by atoms with Crippen LogP contribution in [0.15, 0.2) is 42.5 Å². The molecular formula is C27H32N4O3. The molecule has 0 aromatic heterocycles. The fourth-order valence-electron chi connectivity index (χ4n) is 5.68. The molecule has 3 amide bonds. The normalized spacial score (nSPS) is 22.2. The van der Waals surface area contributed by atoms with Crippen LogP contribution < -0.4 is 9.80 Å². The van der Waals surface area contributed by atoms with Gasteiger partial charge in [-0.25, -0.2) is 0 Å². The highest BCUT2D eigenvalue weighted by molar-refractivity contribution is 6.10. The molecule has 7 nitrogen and oxygen atoms in total. The second kappa shape index (κ2) is 8.46. The summed E-state index contributed by atoms with van der Waals surface area (Å²) in [4.78, 5) is 47.0. The highest BCUT2D eigenvalue weighted by Gasteiger charge is 2.52. The van der Waals surface area contributed by atoms with Crippen molar-refractivity contribution in [2.45, 2.75) is 45.7 Å². The maximum Gasteiger partial charge on any atom is 0.257 e. The summed E-state index contributed by atoms with van der Waals surface area (Å²) in [5, 5.41) is 0. The van der Waals surface area contributed by atoms with Crippen LogP contribution in [0.3, 0.4) is 0 Å². The molecule has 1 unspecified atom stereocenters. The molecule has 0 bridgehead atoms. The quantitative estimate of drug-likeness (QED) is 0.702. The van der Waals surface area contributed by atoms with Crippen molar-refractivity contribution in [3.05, 3.63) is 59.2 Å². The number of hydrogen-bond donors (Lipinski definition) is 0. The first kappa shape index (κ1) is 22.4. The van der Waals surface area contributed by atoms with Crippen LogP contribution in [0.5, 0.6) is 0 Å². The lowest BCUT2D eigenvalue weighted by Crippen LogP contribution is -2.62. The molecule has 1 atom stereocenters. The molecule has 0 N–H and O–H groups in total. The highest BCUT2D eigenvalue weighted by atomic mass is 16.2. The minimum absolute atomic E-state index is 0.0290. The largest absolute Gasteiger partial charge is 0.368 e. The van der Waals surface area contributed by atoms with E-state index in [4.69, 9.17) is 0 Å². The molecule has 2 aromatic carbocycles. The Morgan fingerprint density at radius 3 is 2.41 bits per heavy atom. The standard InChI is InChI=1S/C27H32N4O3/c1-19-7-6-10-22(20(19)2)28-15-17-29(18-16-28)24(32)12-14-30-26(34)21-8-4-5-9-23(21)31-25(33)11-13-27(30,31)3/h4-10H,11-18H2,1-3H3. The Balaban J connectivity index is 1.26. The van der Waals surface area contributed by atoms with Crippen molar-refractivity contribution in [3.8, 4) is 0 Å². The van der Waals surface area contributed by atoms with E-state index in [9.17, 15) is 14.4 Å². The van der Waals surface area contributed by atoms with E-state index in [1.165, 1.54) is 16.8 Å². The van der Waals surface area contributed by atoms with Gasteiger partial charge in [0.2, 0.25) is 11.8 Å². The number of rotatable bonds is 4. The van der Waals surface area contributed by atoms with Crippen LogP contribution in [0, 0.1) is 13.8 Å². The van der Waals surface area contributed by atoms with Crippen LogP contribution in [0.25, 0.3) is 0 Å². The second-order valence-electron chi connectivity index (χ2n) is 9.76. The summed E-state index contributed by atoms with van der Waals surface area (Å²) in [5.74, 6) is -0.00956. The number of carbonyl (C=O) groups excluding carboxylic acids is 3. The van der Waals surface area contributed by atoms with Crippen molar-refractivity contribution in [1.29, 1.82) is 0 Å². The van der Waals surface area contributed by atoms with Crippen molar-refractivity contribution in [2.24, 2.45) is 0 Å². The van der Waals surface area contributed by atoms with E-state index in [0.29, 0.717) is 43.7 Å². The van der Waals surface area contributed by atoms with Crippen LogP contribution in [-0.4, -0.2) is 65.9 Å². The monoisotopic (exact) mass is 460 g/mol. The third-order valence-electron chi connectivity index (χ3n) is 7.84. The molecule has 2 fully saturated rings. The average Bonchev–Trinajstić information content (AvgIpc) is 3.15. The average molecular weight is 461 g/mol. The molecule has 0 aliphatic carbocycles. The SMILES string of the molecule is Cc1cccc(N2CCN(C(=O)CCN3C(=O)c4ccccc4N4C(=O)CCC34C)CC2)c1C. The van der Waals surface area contributed by atoms with Gasteiger partial charge in [-0.05, 0) is 56.5 Å². The van der Waals surface area contributed by atoms with Crippen LogP contribution in [0.2, 0.25) is 0 Å². The van der Waals surface area contributed by atoms with Crippen LogP contribution in [0.1, 0.15) is 47.7 Å². The number of hydrogen-bond acceptors (Lipinski definition) is 4. The predicted molar refractivity (Wildman–Crippen MR) is 132 cm³/mol. The van der Waals surface area contributed by atoms with Gasteiger partial charge in [-0.2, -0.15) is 0 Å². The Hall–Kier alpha value is -3.35. The van der Waals surface area contributed by atoms with Gasteiger partial charge in [-0.1, -0.05) is 24.3 Å². The van der Waals surface area contributed by atoms with Crippen LogP contribution in [0.4, 0.5) is 11.4 Å². The number of para-hydroxylation sites is 1. The zero-order valence-electron chi connectivity index (χ0n) is 20.2. The van der Waals surface area contributed by atoms with E-state index in [2.05, 4.69) is 36.9 Å². The van der Waals surface area contributed by atoms with Crippen LogP contribution in [-0.2, 0) is 9.59 Å². The topological polar surface area (TPSA) is 64.2 Å². The summed E-state index contributed by atoms with van der Waals surface area (Å²) >= 11 is 0. The molecule has 34 heavy (non-hydrogen) atoms. The molecule has 3 heterocycles. The zero-order valence-corrected chi connectivity index (χ0v) is 20.2. The van der Waals surface area contributed by atoms with E-state index in [1.807, 2.05) is 30.0 Å². The molecule has 0 saturated carbocycles. The Bertz CT molecular complexity index is 1150. The predicted octanol–water partition coefficient (Wildman–Crippen LogP) is 3.34. The molecule has 7 heteroatoms. The fraction of sp³-hybridized carbons (Fsp3) is 0.444. The van der Waals surface area contributed by atoms with Gasteiger partial charge in [0.15, 0.2) is 0 Å². The minimum atomic E-state index is -0.718. The Morgan fingerprint density at radius 1 is 0.941 bits per heavy atom. The van der Waals surface area contributed by atoms with Crippen molar-refractivity contribution >= 4 is 29.1 Å². The van der Waals surface area contributed by atoms with E-state index >= 15 is 0 Å². The zero-order chi connectivity index (χ0) is 24.0. The molecule has 0 spiro atoms. The van der Waals surface area contributed by atoms with Crippen molar-refractivity contribution < 1.29 is 14.4 Å². The lowest BCUT2D eigenvalue weighted by Gasteiger charge is -2.48. The van der Waals surface area contributed by atoms with Gasteiger partial charge < -0.3 is 14.7 Å². The smallest absolute Gasteiger partial charge is 0.257 e. The van der Waals surface area contributed by atoms with E-state index in [0.717, 1.165) is 13.1 Å². The van der Waals surface area contributed by atoms with Gasteiger partial charge in [-0.15, -0.1) is 0 Å². The van der Waals surface area contributed by atoms with Gasteiger partial charge in [-0.3, -0.25) is 19.3 Å². The first-order valence-corrected chi connectivity index (χ1v) is 12.1. The Kier molecular flexibility index (Phi) is 5.58. The number of carbonyl (C=O) groups is 3. The van der Waals surface area contributed by atoms with Gasteiger partial charge in [0.05, 0.1) is 11.3 Å². The van der Waals surface area contributed by atoms with Crippen molar-refractivity contribution in [1.82, 2.24) is 9.80 Å². The summed E-state index contributed by atoms with van der Waals surface area (Å²) in [6.45, 7) is 9.46. The maximum atomic E-state index is 13.4. The Morgan fingerprint density at radius 2 is 1.65 bits per heavy atom. The summed E-state index contributed by atoms with van der Waals surface area (Å²) in [6.07, 6.45) is 1.24. The number of benzene rings is 2. The lowest BCUT2D eigenvalue weighted by atomic mass is 9.98. The summed E-state index contributed by atoms with van der Waals surface area (Å²) in [7, 11) is 0. The van der Waals surface area contributed by atoms with E-state index in [1.54, 1.807) is 15.9 Å². The lowest BCUT2D eigenvalue weighted by molar-refractivity contribution is -0.131. The Labute approximate surface area is 200 Å². The van der Waals surface area contributed by atoms with Gasteiger partial charge in [0, 0.05) is 51.3 Å². The van der Waals surface area contributed by atoms with Gasteiger partial charge >= 0.3 is 0 Å². The van der Waals surface area contributed by atoms with Crippen molar-refractivity contribution in [3.63, 3.8) is 0 Å². The molecule has 178 valence electrons. The molecule has 5 rings (SSSR count).